The summed E-state index contributed by atoms with van der Waals surface area (Å²) in [7, 11) is -3.53. The minimum absolute atomic E-state index is 0.0456. The summed E-state index contributed by atoms with van der Waals surface area (Å²) in [4.78, 5) is 11.4. The molecular formula is C11H13N3O3S. The van der Waals surface area contributed by atoms with E-state index in [9.17, 15) is 13.2 Å². The van der Waals surface area contributed by atoms with Crippen molar-refractivity contribution in [3.8, 4) is 0 Å². The molecule has 4 N–H and O–H groups in total. The van der Waals surface area contributed by atoms with Gasteiger partial charge in [-0.3, -0.25) is 4.79 Å². The van der Waals surface area contributed by atoms with Gasteiger partial charge in [0.2, 0.25) is 15.9 Å². The van der Waals surface area contributed by atoms with Gasteiger partial charge in [-0.15, -0.1) is 0 Å². The molecule has 1 saturated carbocycles. The molecule has 1 aromatic rings. The minimum Gasteiger partial charge on any atom is -0.397 e. The summed E-state index contributed by atoms with van der Waals surface area (Å²) in [5.74, 6) is -0.165. The maximum Gasteiger partial charge on any atom is 0.240 e. The molecule has 0 spiro atoms. The molecule has 18 heavy (non-hydrogen) atoms. The van der Waals surface area contributed by atoms with Crippen LogP contribution >= 0.6 is 0 Å². The van der Waals surface area contributed by atoms with Crippen molar-refractivity contribution in [2.75, 3.05) is 11.1 Å². The van der Waals surface area contributed by atoms with Gasteiger partial charge >= 0.3 is 0 Å². The first kappa shape index (κ1) is 11.5. The highest BCUT2D eigenvalue weighted by molar-refractivity contribution is 7.89. The lowest BCUT2D eigenvalue weighted by Gasteiger charge is -2.09. The second kappa shape index (κ2) is 3.69. The van der Waals surface area contributed by atoms with Crippen LogP contribution in [0.25, 0.3) is 0 Å². The summed E-state index contributed by atoms with van der Waals surface area (Å²) >= 11 is 0. The first-order valence-electron chi connectivity index (χ1n) is 5.70. The largest absolute Gasteiger partial charge is 0.397 e. The van der Waals surface area contributed by atoms with Crippen molar-refractivity contribution in [3.63, 3.8) is 0 Å². The Morgan fingerprint density at radius 1 is 1.33 bits per heavy atom. The van der Waals surface area contributed by atoms with Crippen molar-refractivity contribution in [2.24, 2.45) is 0 Å². The maximum absolute atomic E-state index is 12.0. The van der Waals surface area contributed by atoms with Gasteiger partial charge in [-0.05, 0) is 30.5 Å². The topological polar surface area (TPSA) is 101 Å². The lowest BCUT2D eigenvalue weighted by molar-refractivity contribution is -0.115. The number of carbonyl (C=O) groups is 1. The van der Waals surface area contributed by atoms with E-state index in [1.54, 1.807) is 0 Å². The average molecular weight is 267 g/mol. The van der Waals surface area contributed by atoms with E-state index in [0.717, 1.165) is 12.8 Å². The molecule has 7 heteroatoms. The monoisotopic (exact) mass is 267 g/mol. The van der Waals surface area contributed by atoms with Crippen LogP contribution in [0, 0.1) is 0 Å². The highest BCUT2D eigenvalue weighted by Gasteiger charge is 2.30. The molecule has 0 saturated heterocycles. The maximum atomic E-state index is 12.0. The molecule has 3 rings (SSSR count). The van der Waals surface area contributed by atoms with Gasteiger partial charge in [0.15, 0.2) is 0 Å². The van der Waals surface area contributed by atoms with Gasteiger partial charge in [0, 0.05) is 6.04 Å². The van der Waals surface area contributed by atoms with Crippen LogP contribution in [0.3, 0.4) is 0 Å². The van der Waals surface area contributed by atoms with Gasteiger partial charge in [0.25, 0.3) is 0 Å². The highest BCUT2D eigenvalue weighted by Crippen LogP contribution is 2.33. The first-order chi connectivity index (χ1) is 8.45. The second-order valence-corrected chi connectivity index (χ2v) is 6.38. The molecule has 6 nitrogen and oxygen atoms in total. The summed E-state index contributed by atoms with van der Waals surface area (Å²) in [6, 6.07) is 2.94. The second-order valence-electron chi connectivity index (χ2n) is 4.67. The molecule has 96 valence electrons. The van der Waals surface area contributed by atoms with Gasteiger partial charge in [0.05, 0.1) is 22.7 Å². The molecule has 1 aliphatic heterocycles. The van der Waals surface area contributed by atoms with Crippen molar-refractivity contribution in [1.29, 1.82) is 0 Å². The molecule has 0 bridgehead atoms. The van der Waals surface area contributed by atoms with Gasteiger partial charge < -0.3 is 11.1 Å². The van der Waals surface area contributed by atoms with Crippen LogP contribution in [0.4, 0.5) is 11.4 Å². The van der Waals surface area contributed by atoms with Crippen LogP contribution in [0.2, 0.25) is 0 Å². The van der Waals surface area contributed by atoms with E-state index in [-0.39, 0.29) is 29.0 Å². The zero-order chi connectivity index (χ0) is 12.9. The van der Waals surface area contributed by atoms with Crippen molar-refractivity contribution in [2.45, 2.75) is 30.2 Å². The molecule has 0 aromatic heterocycles. The average Bonchev–Trinajstić information content (AvgIpc) is 2.97. The zero-order valence-corrected chi connectivity index (χ0v) is 10.4. The molecule has 1 amide bonds. The van der Waals surface area contributed by atoms with Crippen LogP contribution in [0.1, 0.15) is 18.4 Å². The quantitative estimate of drug-likeness (QED) is 0.681. The summed E-state index contributed by atoms with van der Waals surface area (Å²) in [6.45, 7) is 0. The molecule has 0 radical (unpaired) electrons. The first-order valence-corrected chi connectivity index (χ1v) is 7.18. The van der Waals surface area contributed by atoms with Gasteiger partial charge in [-0.2, -0.15) is 0 Å². The standard InChI is InChI=1S/C11H13N3O3S/c12-9-5-8(18(16,17)14-7-1-2-7)3-6-4-10(15)13-11(6)9/h3,5,7,14H,1-2,4,12H2,(H,13,15). The van der Waals surface area contributed by atoms with Crippen LogP contribution < -0.4 is 15.8 Å². The number of fused-ring (bicyclic) bond motifs is 1. The van der Waals surface area contributed by atoms with E-state index in [4.69, 9.17) is 5.73 Å². The molecule has 1 fully saturated rings. The van der Waals surface area contributed by atoms with Crippen LogP contribution in [0.15, 0.2) is 17.0 Å². The summed E-state index contributed by atoms with van der Waals surface area (Å²) < 4.78 is 26.7. The predicted molar refractivity (Wildman–Crippen MR) is 66.5 cm³/mol. The van der Waals surface area contributed by atoms with E-state index < -0.39 is 10.0 Å². The van der Waals surface area contributed by atoms with Crippen molar-refractivity contribution in [1.82, 2.24) is 4.72 Å². The third-order valence-electron chi connectivity index (χ3n) is 3.05. The Bertz CT molecular complexity index is 635. The van der Waals surface area contributed by atoms with E-state index in [1.165, 1.54) is 12.1 Å². The lowest BCUT2D eigenvalue weighted by atomic mass is 10.1. The van der Waals surface area contributed by atoms with E-state index in [2.05, 4.69) is 10.0 Å². The van der Waals surface area contributed by atoms with E-state index in [1.807, 2.05) is 0 Å². The Morgan fingerprint density at radius 2 is 2.06 bits per heavy atom. The number of benzene rings is 1. The van der Waals surface area contributed by atoms with E-state index in [0.29, 0.717) is 11.3 Å². The summed E-state index contributed by atoms with van der Waals surface area (Å²) in [5.41, 5.74) is 7.23. The SMILES string of the molecule is Nc1cc(S(=O)(=O)NC2CC2)cc2c1NC(=O)C2. The third-order valence-corrected chi connectivity index (χ3v) is 4.55. The Balaban J connectivity index is 2.01. The Hall–Kier alpha value is -1.60. The molecule has 1 heterocycles. The normalized spacial score (nSPS) is 18.6. The fourth-order valence-corrected chi connectivity index (χ4v) is 3.38. The molecule has 2 aliphatic rings. The number of nitrogens with one attached hydrogen (secondary N) is 2. The molecular weight excluding hydrogens is 254 g/mol. The number of sulfonamides is 1. The van der Waals surface area contributed by atoms with Crippen molar-refractivity contribution < 1.29 is 13.2 Å². The molecule has 1 aliphatic carbocycles. The number of nitrogen functional groups attached to an aromatic ring is 1. The number of anilines is 2. The van der Waals surface area contributed by atoms with Gasteiger partial charge in [-0.25, -0.2) is 13.1 Å². The van der Waals surface area contributed by atoms with Crippen LogP contribution in [0.5, 0.6) is 0 Å². The lowest BCUT2D eigenvalue weighted by Crippen LogP contribution is -2.25. The highest BCUT2D eigenvalue weighted by atomic mass is 32.2. The number of hydrogen-bond acceptors (Lipinski definition) is 4. The molecule has 0 unspecified atom stereocenters. The molecule has 1 aromatic carbocycles. The zero-order valence-electron chi connectivity index (χ0n) is 9.56. The number of amides is 1. The summed E-state index contributed by atoms with van der Waals surface area (Å²) in [5, 5.41) is 2.62. The predicted octanol–water partition coefficient (Wildman–Crippen LogP) is 0.204. The van der Waals surface area contributed by atoms with Crippen LogP contribution in [-0.4, -0.2) is 20.4 Å². The minimum atomic E-state index is -3.53. The van der Waals surface area contributed by atoms with Gasteiger partial charge in [0.1, 0.15) is 0 Å². The number of rotatable bonds is 3. The number of nitrogens with two attached hydrogens (primary N) is 1. The Labute approximate surface area is 105 Å². The Kier molecular flexibility index (Phi) is 2.36. The number of carbonyl (C=O) groups excluding carboxylic acids is 1. The fraction of sp³-hybridized carbons (Fsp3) is 0.364. The van der Waals surface area contributed by atoms with Gasteiger partial charge in [-0.1, -0.05) is 0 Å². The van der Waals surface area contributed by atoms with Crippen molar-refractivity contribution >= 4 is 27.3 Å². The van der Waals surface area contributed by atoms with Crippen molar-refractivity contribution in [3.05, 3.63) is 17.7 Å². The smallest absolute Gasteiger partial charge is 0.240 e. The third kappa shape index (κ3) is 1.95. The Morgan fingerprint density at radius 3 is 2.72 bits per heavy atom. The summed E-state index contributed by atoms with van der Waals surface area (Å²) in [6.07, 6.45) is 1.92. The molecule has 0 atom stereocenters. The fourth-order valence-electron chi connectivity index (χ4n) is 1.99. The number of hydrogen-bond donors (Lipinski definition) is 3. The van der Waals surface area contributed by atoms with E-state index >= 15 is 0 Å². The van der Waals surface area contributed by atoms with Crippen LogP contribution in [-0.2, 0) is 21.2 Å².